The molecule has 6 nitrogen and oxygen atoms in total. The molecule has 0 unspecified atom stereocenters. The molecule has 0 aliphatic carbocycles. The summed E-state index contributed by atoms with van der Waals surface area (Å²) in [5, 5.41) is 6.32. The Kier molecular flexibility index (Phi) is 6.90. The first-order chi connectivity index (χ1) is 13.3. The Morgan fingerprint density at radius 1 is 1.19 bits per heavy atom. The number of rotatable bonds is 7. The average molecular weight is 368 g/mol. The van der Waals surface area contributed by atoms with Gasteiger partial charge in [-0.1, -0.05) is 18.2 Å². The maximum Gasteiger partial charge on any atom is 0.317 e. The molecule has 1 aromatic carbocycles. The Morgan fingerprint density at radius 2 is 2.00 bits per heavy atom. The number of pyridine rings is 1. The van der Waals surface area contributed by atoms with Crippen LogP contribution in [-0.4, -0.2) is 49.2 Å². The summed E-state index contributed by atoms with van der Waals surface area (Å²) in [7, 11) is 1.71. The van der Waals surface area contributed by atoms with Crippen LogP contribution in [0.15, 0.2) is 48.8 Å². The van der Waals surface area contributed by atoms with Crippen molar-refractivity contribution in [1.29, 1.82) is 0 Å². The van der Waals surface area contributed by atoms with Gasteiger partial charge in [0, 0.05) is 38.6 Å². The highest BCUT2D eigenvalue weighted by Crippen LogP contribution is 2.33. The van der Waals surface area contributed by atoms with Gasteiger partial charge >= 0.3 is 6.03 Å². The van der Waals surface area contributed by atoms with Crippen molar-refractivity contribution in [2.45, 2.75) is 25.2 Å². The van der Waals surface area contributed by atoms with Gasteiger partial charge in [0.1, 0.15) is 5.75 Å². The predicted molar refractivity (Wildman–Crippen MR) is 107 cm³/mol. The number of nitrogens with zero attached hydrogens (tertiary/aromatic N) is 2. The standard InChI is InChI=1S/C21H28N4O2/c1-27-20-8-3-2-7-19(20)17-9-14-25(15-10-17)21(26)24-13-5-12-23-18-6-4-11-22-16-18/h2-4,6-8,11,16-17,23H,5,9-10,12-15H2,1H3,(H,24,26). The van der Waals surface area contributed by atoms with Crippen molar-refractivity contribution in [2.75, 3.05) is 38.6 Å². The summed E-state index contributed by atoms with van der Waals surface area (Å²) < 4.78 is 5.48. The second-order valence-corrected chi connectivity index (χ2v) is 6.76. The fourth-order valence-electron chi connectivity index (χ4n) is 3.49. The number of amides is 2. The first-order valence-corrected chi connectivity index (χ1v) is 9.57. The van der Waals surface area contributed by atoms with Crippen LogP contribution in [0.1, 0.15) is 30.7 Å². The van der Waals surface area contributed by atoms with Gasteiger partial charge in [-0.25, -0.2) is 4.79 Å². The summed E-state index contributed by atoms with van der Waals surface area (Å²) in [5.74, 6) is 1.40. The lowest BCUT2D eigenvalue weighted by Gasteiger charge is -2.32. The second kappa shape index (κ2) is 9.80. The van der Waals surface area contributed by atoms with Crippen molar-refractivity contribution < 1.29 is 9.53 Å². The Bertz CT molecular complexity index is 715. The number of likely N-dealkylation sites (tertiary alicyclic amines) is 1. The number of carbonyl (C=O) groups excluding carboxylic acids is 1. The van der Waals surface area contributed by atoms with Crippen LogP contribution in [0.5, 0.6) is 5.75 Å². The van der Waals surface area contributed by atoms with Crippen molar-refractivity contribution in [3.8, 4) is 5.75 Å². The molecular formula is C21H28N4O2. The smallest absolute Gasteiger partial charge is 0.317 e. The molecule has 1 aliphatic heterocycles. The number of urea groups is 1. The van der Waals surface area contributed by atoms with Gasteiger partial charge in [-0.3, -0.25) is 4.98 Å². The van der Waals surface area contributed by atoms with Gasteiger partial charge in [-0.15, -0.1) is 0 Å². The third-order valence-electron chi connectivity index (χ3n) is 4.98. The van der Waals surface area contributed by atoms with Crippen LogP contribution in [0.3, 0.4) is 0 Å². The molecule has 0 atom stereocenters. The Morgan fingerprint density at radius 3 is 2.74 bits per heavy atom. The van der Waals surface area contributed by atoms with Crippen molar-refractivity contribution >= 4 is 11.7 Å². The van der Waals surface area contributed by atoms with Crippen molar-refractivity contribution in [3.05, 3.63) is 54.4 Å². The monoisotopic (exact) mass is 368 g/mol. The number of benzene rings is 1. The number of aromatic nitrogens is 1. The molecule has 1 aliphatic rings. The van der Waals surface area contributed by atoms with E-state index in [9.17, 15) is 4.79 Å². The van der Waals surface area contributed by atoms with E-state index < -0.39 is 0 Å². The minimum absolute atomic E-state index is 0.0369. The Hall–Kier alpha value is -2.76. The maximum absolute atomic E-state index is 12.4. The molecule has 1 saturated heterocycles. The average Bonchev–Trinajstić information content (AvgIpc) is 2.74. The lowest BCUT2D eigenvalue weighted by molar-refractivity contribution is 0.181. The van der Waals surface area contributed by atoms with Gasteiger partial charge in [-0.2, -0.15) is 0 Å². The van der Waals surface area contributed by atoms with Crippen LogP contribution >= 0.6 is 0 Å². The molecular weight excluding hydrogens is 340 g/mol. The zero-order chi connectivity index (χ0) is 18.9. The highest BCUT2D eigenvalue weighted by Gasteiger charge is 2.25. The molecule has 144 valence electrons. The highest BCUT2D eigenvalue weighted by atomic mass is 16.5. The second-order valence-electron chi connectivity index (χ2n) is 6.76. The quantitative estimate of drug-likeness (QED) is 0.734. The summed E-state index contributed by atoms with van der Waals surface area (Å²) in [5.41, 5.74) is 2.25. The van der Waals surface area contributed by atoms with E-state index in [1.165, 1.54) is 5.56 Å². The molecule has 1 fully saturated rings. The number of nitrogens with one attached hydrogen (secondary N) is 2. The van der Waals surface area contributed by atoms with Crippen LogP contribution in [0.25, 0.3) is 0 Å². The fraction of sp³-hybridized carbons (Fsp3) is 0.429. The molecule has 2 heterocycles. The van der Waals surface area contributed by atoms with Gasteiger partial charge < -0.3 is 20.3 Å². The molecule has 1 aromatic heterocycles. The zero-order valence-electron chi connectivity index (χ0n) is 15.9. The van der Waals surface area contributed by atoms with Crippen LogP contribution in [0.2, 0.25) is 0 Å². The highest BCUT2D eigenvalue weighted by molar-refractivity contribution is 5.74. The topological polar surface area (TPSA) is 66.5 Å². The van der Waals surface area contributed by atoms with Gasteiger partial charge in [0.15, 0.2) is 0 Å². The lowest BCUT2D eigenvalue weighted by atomic mass is 9.89. The summed E-state index contributed by atoms with van der Waals surface area (Å²) >= 11 is 0. The normalized spacial score (nSPS) is 14.6. The number of piperidine rings is 1. The van der Waals surface area contributed by atoms with E-state index in [1.54, 1.807) is 19.5 Å². The molecule has 0 bridgehead atoms. The first-order valence-electron chi connectivity index (χ1n) is 9.57. The molecule has 2 N–H and O–H groups in total. The molecule has 27 heavy (non-hydrogen) atoms. The van der Waals surface area contributed by atoms with E-state index in [0.29, 0.717) is 12.5 Å². The molecule has 2 aromatic rings. The molecule has 0 saturated carbocycles. The number of para-hydroxylation sites is 1. The third-order valence-corrected chi connectivity index (χ3v) is 4.98. The van der Waals surface area contributed by atoms with Gasteiger partial charge in [0.05, 0.1) is 12.8 Å². The summed E-state index contributed by atoms with van der Waals surface area (Å²) in [6.07, 6.45) is 6.36. The van der Waals surface area contributed by atoms with E-state index in [2.05, 4.69) is 27.8 Å². The number of anilines is 1. The Balaban J connectivity index is 1.36. The summed E-state index contributed by atoms with van der Waals surface area (Å²) in [4.78, 5) is 18.3. The van der Waals surface area contributed by atoms with E-state index >= 15 is 0 Å². The molecule has 0 radical (unpaired) electrons. The molecule has 2 amide bonds. The maximum atomic E-state index is 12.4. The number of ether oxygens (including phenoxy) is 1. The van der Waals surface area contributed by atoms with Crippen molar-refractivity contribution in [2.24, 2.45) is 0 Å². The zero-order valence-corrected chi connectivity index (χ0v) is 15.9. The van der Waals surface area contributed by atoms with Gasteiger partial charge in [-0.05, 0) is 48.9 Å². The van der Waals surface area contributed by atoms with Crippen LogP contribution in [0.4, 0.5) is 10.5 Å². The first kappa shape index (κ1) is 19.0. The predicted octanol–water partition coefficient (Wildman–Crippen LogP) is 3.48. The Labute approximate surface area is 160 Å². The van der Waals surface area contributed by atoms with E-state index in [1.807, 2.05) is 29.2 Å². The SMILES string of the molecule is COc1ccccc1C1CCN(C(=O)NCCCNc2cccnc2)CC1. The van der Waals surface area contributed by atoms with Crippen LogP contribution in [0, 0.1) is 0 Å². The minimum atomic E-state index is 0.0369. The van der Waals surface area contributed by atoms with E-state index in [0.717, 1.165) is 50.3 Å². The van der Waals surface area contributed by atoms with Crippen LogP contribution in [-0.2, 0) is 0 Å². The fourth-order valence-corrected chi connectivity index (χ4v) is 3.49. The third kappa shape index (κ3) is 5.36. The number of methoxy groups -OCH3 is 1. The molecule has 0 spiro atoms. The summed E-state index contributed by atoms with van der Waals surface area (Å²) in [6.45, 7) is 3.03. The number of carbonyl (C=O) groups is 1. The molecule has 6 heteroatoms. The van der Waals surface area contributed by atoms with Gasteiger partial charge in [0.2, 0.25) is 0 Å². The minimum Gasteiger partial charge on any atom is -0.496 e. The van der Waals surface area contributed by atoms with Gasteiger partial charge in [0.25, 0.3) is 0 Å². The van der Waals surface area contributed by atoms with E-state index in [-0.39, 0.29) is 6.03 Å². The van der Waals surface area contributed by atoms with Crippen LogP contribution < -0.4 is 15.4 Å². The lowest BCUT2D eigenvalue weighted by Crippen LogP contribution is -2.44. The number of hydrogen-bond acceptors (Lipinski definition) is 4. The largest absolute Gasteiger partial charge is 0.496 e. The molecule has 3 rings (SSSR count). The van der Waals surface area contributed by atoms with Crippen molar-refractivity contribution in [3.63, 3.8) is 0 Å². The number of hydrogen-bond donors (Lipinski definition) is 2. The van der Waals surface area contributed by atoms with E-state index in [4.69, 9.17) is 4.74 Å². The van der Waals surface area contributed by atoms with Crippen molar-refractivity contribution in [1.82, 2.24) is 15.2 Å². The summed E-state index contributed by atoms with van der Waals surface area (Å²) in [6, 6.07) is 12.1.